The van der Waals surface area contributed by atoms with Crippen LogP contribution in [0, 0.1) is 5.92 Å². The van der Waals surface area contributed by atoms with E-state index in [0.717, 1.165) is 6.54 Å². The molecule has 0 aliphatic heterocycles. The molecule has 1 aliphatic rings. The number of ether oxygens (including phenoxy) is 1. The van der Waals surface area contributed by atoms with Gasteiger partial charge in [-0.15, -0.1) is 0 Å². The van der Waals surface area contributed by atoms with E-state index in [1.54, 1.807) is 12.0 Å². The van der Waals surface area contributed by atoms with E-state index in [2.05, 4.69) is 10.3 Å². The number of anilines is 2. The van der Waals surface area contributed by atoms with Crippen LogP contribution in [-0.2, 0) is 4.74 Å². The molecule has 1 aliphatic carbocycles. The van der Waals surface area contributed by atoms with E-state index in [9.17, 15) is 4.79 Å². The SMILES string of the molecule is COCCNc1nc(N)c(C(=O)N(C)CC2CCCC2)s1. The molecule has 0 bridgehead atoms. The van der Waals surface area contributed by atoms with E-state index >= 15 is 0 Å². The third-order valence-corrected chi connectivity index (χ3v) is 4.80. The zero-order chi connectivity index (χ0) is 15.2. The van der Waals surface area contributed by atoms with Crippen molar-refractivity contribution in [3.8, 4) is 0 Å². The van der Waals surface area contributed by atoms with Crippen LogP contribution in [0.15, 0.2) is 0 Å². The van der Waals surface area contributed by atoms with Crippen molar-refractivity contribution in [2.24, 2.45) is 5.92 Å². The lowest BCUT2D eigenvalue weighted by Gasteiger charge is -2.20. The maximum absolute atomic E-state index is 12.5. The fourth-order valence-corrected chi connectivity index (χ4v) is 3.56. The molecule has 1 saturated carbocycles. The lowest BCUT2D eigenvalue weighted by molar-refractivity contribution is 0.0779. The van der Waals surface area contributed by atoms with Crippen molar-refractivity contribution < 1.29 is 9.53 Å². The molecule has 1 aromatic heterocycles. The highest BCUT2D eigenvalue weighted by atomic mass is 32.1. The summed E-state index contributed by atoms with van der Waals surface area (Å²) >= 11 is 1.31. The van der Waals surface area contributed by atoms with Gasteiger partial charge in [-0.3, -0.25) is 4.79 Å². The largest absolute Gasteiger partial charge is 0.383 e. The van der Waals surface area contributed by atoms with Gasteiger partial charge in [0.25, 0.3) is 5.91 Å². The number of carbonyl (C=O) groups is 1. The van der Waals surface area contributed by atoms with E-state index < -0.39 is 0 Å². The summed E-state index contributed by atoms with van der Waals surface area (Å²) in [6.07, 6.45) is 5.01. The van der Waals surface area contributed by atoms with Gasteiger partial charge < -0.3 is 20.7 Å². The molecule has 0 radical (unpaired) electrons. The standard InChI is InChI=1S/C14H24N4O2S/c1-18(9-10-5-3-4-6-10)13(19)11-12(15)17-14(21-11)16-7-8-20-2/h10H,3-9,15H2,1-2H3,(H,16,17). The van der Waals surface area contributed by atoms with Gasteiger partial charge in [-0.05, 0) is 18.8 Å². The van der Waals surface area contributed by atoms with Gasteiger partial charge >= 0.3 is 0 Å². The molecule has 0 spiro atoms. The molecule has 2 rings (SSSR count). The van der Waals surface area contributed by atoms with Gasteiger partial charge in [-0.25, -0.2) is 4.98 Å². The molecule has 7 heteroatoms. The molecule has 0 atom stereocenters. The summed E-state index contributed by atoms with van der Waals surface area (Å²) in [6, 6.07) is 0. The zero-order valence-electron chi connectivity index (χ0n) is 12.7. The number of nitrogen functional groups attached to an aromatic ring is 1. The minimum absolute atomic E-state index is 0.0308. The number of nitrogens with two attached hydrogens (primary N) is 1. The highest BCUT2D eigenvalue weighted by Crippen LogP contribution is 2.28. The topological polar surface area (TPSA) is 80.5 Å². The van der Waals surface area contributed by atoms with E-state index in [0.29, 0.717) is 34.9 Å². The minimum atomic E-state index is -0.0308. The highest BCUT2D eigenvalue weighted by Gasteiger charge is 2.23. The number of thiazole rings is 1. The van der Waals surface area contributed by atoms with Crippen LogP contribution in [0.1, 0.15) is 35.4 Å². The van der Waals surface area contributed by atoms with Gasteiger partial charge in [0.1, 0.15) is 10.7 Å². The predicted molar refractivity (Wildman–Crippen MR) is 85.8 cm³/mol. The maximum Gasteiger partial charge on any atom is 0.267 e. The Morgan fingerprint density at radius 1 is 1.52 bits per heavy atom. The third-order valence-electron chi connectivity index (χ3n) is 3.78. The number of carbonyl (C=O) groups excluding carboxylic acids is 1. The lowest BCUT2D eigenvalue weighted by Crippen LogP contribution is -2.31. The Bertz CT molecular complexity index is 472. The van der Waals surface area contributed by atoms with Gasteiger partial charge in [0.2, 0.25) is 0 Å². The second kappa shape index (κ2) is 7.61. The fourth-order valence-electron chi connectivity index (χ4n) is 2.66. The molecular weight excluding hydrogens is 288 g/mol. The van der Waals surface area contributed by atoms with Crippen LogP contribution in [0.25, 0.3) is 0 Å². The number of aromatic nitrogens is 1. The number of nitrogens with one attached hydrogen (secondary N) is 1. The summed E-state index contributed by atoms with van der Waals surface area (Å²) in [6.45, 7) is 2.04. The number of hydrogen-bond acceptors (Lipinski definition) is 6. The first kappa shape index (κ1) is 16.0. The maximum atomic E-state index is 12.5. The highest BCUT2D eigenvalue weighted by molar-refractivity contribution is 7.18. The molecule has 3 N–H and O–H groups in total. The average Bonchev–Trinajstić information content (AvgIpc) is 3.08. The number of hydrogen-bond donors (Lipinski definition) is 2. The van der Waals surface area contributed by atoms with Crippen molar-refractivity contribution in [1.29, 1.82) is 0 Å². The summed E-state index contributed by atoms with van der Waals surface area (Å²) in [4.78, 5) is 19.0. The molecule has 1 amide bonds. The average molecular weight is 312 g/mol. The van der Waals surface area contributed by atoms with Crippen molar-refractivity contribution in [3.05, 3.63) is 4.88 Å². The van der Waals surface area contributed by atoms with Crippen molar-refractivity contribution in [2.75, 3.05) is 44.9 Å². The van der Waals surface area contributed by atoms with E-state index in [1.165, 1.54) is 37.0 Å². The summed E-state index contributed by atoms with van der Waals surface area (Å²) in [5.41, 5.74) is 5.87. The molecule has 0 unspecified atom stereocenters. The summed E-state index contributed by atoms with van der Waals surface area (Å²) < 4.78 is 4.97. The Morgan fingerprint density at radius 3 is 2.90 bits per heavy atom. The Kier molecular flexibility index (Phi) is 5.81. The van der Waals surface area contributed by atoms with Crippen LogP contribution < -0.4 is 11.1 Å². The predicted octanol–water partition coefficient (Wildman–Crippen LogP) is 2.05. The normalized spacial score (nSPS) is 15.3. The van der Waals surface area contributed by atoms with Crippen LogP contribution >= 0.6 is 11.3 Å². The van der Waals surface area contributed by atoms with Gasteiger partial charge in [-0.1, -0.05) is 24.2 Å². The molecular formula is C14H24N4O2S. The smallest absolute Gasteiger partial charge is 0.267 e. The zero-order valence-corrected chi connectivity index (χ0v) is 13.5. The van der Waals surface area contributed by atoms with E-state index in [4.69, 9.17) is 10.5 Å². The Morgan fingerprint density at radius 2 is 2.24 bits per heavy atom. The number of nitrogens with zero attached hydrogens (tertiary/aromatic N) is 2. The number of methoxy groups -OCH3 is 1. The van der Waals surface area contributed by atoms with Crippen LogP contribution in [0.4, 0.5) is 10.9 Å². The van der Waals surface area contributed by atoms with Crippen LogP contribution in [0.3, 0.4) is 0 Å². The molecule has 6 nitrogen and oxygen atoms in total. The molecule has 1 fully saturated rings. The van der Waals surface area contributed by atoms with Gasteiger partial charge in [-0.2, -0.15) is 0 Å². The molecule has 0 saturated heterocycles. The van der Waals surface area contributed by atoms with Gasteiger partial charge in [0.05, 0.1) is 6.61 Å². The number of amides is 1. The van der Waals surface area contributed by atoms with Crippen molar-refractivity contribution >= 4 is 28.2 Å². The Labute approximate surface area is 129 Å². The summed E-state index contributed by atoms with van der Waals surface area (Å²) in [7, 11) is 3.49. The minimum Gasteiger partial charge on any atom is -0.383 e. The quantitative estimate of drug-likeness (QED) is 0.753. The molecule has 118 valence electrons. The fraction of sp³-hybridized carbons (Fsp3) is 0.714. The van der Waals surface area contributed by atoms with E-state index in [-0.39, 0.29) is 5.91 Å². The Balaban J connectivity index is 1.94. The van der Waals surface area contributed by atoms with Crippen molar-refractivity contribution in [1.82, 2.24) is 9.88 Å². The van der Waals surface area contributed by atoms with Gasteiger partial charge in [0, 0.05) is 27.2 Å². The van der Waals surface area contributed by atoms with Gasteiger partial charge in [0.15, 0.2) is 5.13 Å². The number of rotatable bonds is 7. The monoisotopic (exact) mass is 312 g/mol. The van der Waals surface area contributed by atoms with E-state index in [1.807, 2.05) is 7.05 Å². The molecule has 1 aromatic rings. The second-order valence-corrected chi connectivity index (χ2v) is 6.49. The first-order valence-electron chi connectivity index (χ1n) is 7.36. The lowest BCUT2D eigenvalue weighted by atomic mass is 10.1. The van der Waals surface area contributed by atoms with Crippen molar-refractivity contribution in [2.45, 2.75) is 25.7 Å². The first-order chi connectivity index (χ1) is 10.1. The molecule has 0 aromatic carbocycles. The summed E-state index contributed by atoms with van der Waals surface area (Å²) in [5.74, 6) is 0.910. The molecule has 21 heavy (non-hydrogen) atoms. The van der Waals surface area contributed by atoms with Crippen LogP contribution in [0.5, 0.6) is 0 Å². The molecule has 1 heterocycles. The van der Waals surface area contributed by atoms with Crippen LogP contribution in [0.2, 0.25) is 0 Å². The second-order valence-electron chi connectivity index (χ2n) is 5.49. The Hall–Kier alpha value is -1.34. The summed E-state index contributed by atoms with van der Waals surface area (Å²) in [5, 5.41) is 3.77. The van der Waals surface area contributed by atoms with Crippen LogP contribution in [-0.4, -0.2) is 49.6 Å². The third kappa shape index (κ3) is 4.31. The van der Waals surface area contributed by atoms with Crippen molar-refractivity contribution in [3.63, 3.8) is 0 Å². The first-order valence-corrected chi connectivity index (χ1v) is 8.18.